The molecule has 4 amide bonds. The number of rotatable bonds is 11. The monoisotopic (exact) mass is 660 g/mol. The lowest BCUT2D eigenvalue weighted by Gasteiger charge is -2.54. The molecule has 1 atom stereocenters. The van der Waals surface area contributed by atoms with E-state index in [1.54, 1.807) is 6.07 Å². The first kappa shape index (κ1) is 30.1. The van der Waals surface area contributed by atoms with Crippen LogP contribution in [0.4, 0.5) is 5.69 Å². The normalized spacial score (nSPS) is 24.5. The third-order valence-electron chi connectivity index (χ3n) is 8.62. The molecule has 4 aliphatic carbocycles. The van der Waals surface area contributed by atoms with Gasteiger partial charge in [-0.05, 0) is 90.3 Å². The number of nitrogens with zero attached hydrogens (tertiary/aromatic N) is 2. The highest BCUT2D eigenvalue weighted by Gasteiger charge is 2.48. The van der Waals surface area contributed by atoms with Gasteiger partial charge in [0.25, 0.3) is 17.4 Å². The smallest absolute Gasteiger partial charge is 0.287 e. The van der Waals surface area contributed by atoms with Crippen LogP contribution in [0.3, 0.4) is 0 Å². The van der Waals surface area contributed by atoms with Crippen molar-refractivity contribution in [1.29, 1.82) is 0 Å². The number of aromatic nitrogens is 2. The van der Waals surface area contributed by atoms with Crippen LogP contribution >= 0.6 is 27.3 Å². The molecule has 0 aromatic carbocycles. The summed E-state index contributed by atoms with van der Waals surface area (Å²) in [6.45, 7) is -0.190. The van der Waals surface area contributed by atoms with Crippen LogP contribution in [0.1, 0.15) is 55.4 Å². The summed E-state index contributed by atoms with van der Waals surface area (Å²) in [5.74, 6) is -0.669. The molecule has 4 bridgehead atoms. The van der Waals surface area contributed by atoms with E-state index in [0.717, 1.165) is 37.5 Å². The SMILES string of the molecule is CNC(=O)C(=O)CC[C@H](NC(=O)c1csc(Br)n1)C(=O)Nc1cccn(CC(=O)NC2C3CC4CC(C3)CC2C4)c1=O. The van der Waals surface area contributed by atoms with Crippen molar-refractivity contribution in [1.82, 2.24) is 25.5 Å². The van der Waals surface area contributed by atoms with Gasteiger partial charge in [0.1, 0.15) is 24.0 Å². The van der Waals surface area contributed by atoms with Crippen molar-refractivity contribution in [2.75, 3.05) is 12.4 Å². The summed E-state index contributed by atoms with van der Waals surface area (Å²) in [6, 6.07) is 1.84. The molecule has 6 rings (SSSR count). The highest BCUT2D eigenvalue weighted by Crippen LogP contribution is 2.53. The van der Waals surface area contributed by atoms with Crippen molar-refractivity contribution < 1.29 is 24.0 Å². The van der Waals surface area contributed by atoms with Crippen LogP contribution in [0.2, 0.25) is 0 Å². The third kappa shape index (κ3) is 6.80. The van der Waals surface area contributed by atoms with Crippen LogP contribution in [-0.4, -0.2) is 58.1 Å². The zero-order chi connectivity index (χ0) is 30.0. The lowest BCUT2D eigenvalue weighted by molar-refractivity contribution is -0.137. The molecule has 2 aromatic heterocycles. The average molecular weight is 662 g/mol. The lowest BCUT2D eigenvalue weighted by Crippen LogP contribution is -2.56. The molecular weight excluding hydrogens is 628 g/mol. The predicted molar refractivity (Wildman–Crippen MR) is 158 cm³/mol. The Labute approximate surface area is 254 Å². The van der Waals surface area contributed by atoms with Gasteiger partial charge in [-0.15, -0.1) is 11.3 Å². The van der Waals surface area contributed by atoms with E-state index in [4.69, 9.17) is 0 Å². The molecule has 0 unspecified atom stereocenters. The molecule has 0 spiro atoms. The van der Waals surface area contributed by atoms with Crippen molar-refractivity contribution in [2.24, 2.45) is 23.7 Å². The van der Waals surface area contributed by atoms with Crippen LogP contribution in [0.25, 0.3) is 0 Å². The first-order chi connectivity index (χ1) is 20.1. The number of carbonyl (C=O) groups is 5. The topological polar surface area (TPSA) is 168 Å². The number of amides is 4. The lowest BCUT2D eigenvalue weighted by atomic mass is 9.54. The van der Waals surface area contributed by atoms with Crippen LogP contribution in [-0.2, 0) is 25.7 Å². The van der Waals surface area contributed by atoms with Gasteiger partial charge in [-0.25, -0.2) is 4.98 Å². The van der Waals surface area contributed by atoms with E-state index in [1.165, 1.54) is 47.0 Å². The number of ketones is 1. The van der Waals surface area contributed by atoms with Gasteiger partial charge in [0, 0.05) is 31.1 Å². The van der Waals surface area contributed by atoms with E-state index < -0.39 is 35.1 Å². The quantitative estimate of drug-likeness (QED) is 0.267. The predicted octanol–water partition coefficient (Wildman–Crippen LogP) is 1.84. The number of likely N-dealkylation sites (N-methyl/N-ethyl adjacent to an activating group) is 1. The van der Waals surface area contributed by atoms with Crippen molar-refractivity contribution in [3.63, 3.8) is 0 Å². The summed E-state index contributed by atoms with van der Waals surface area (Å²) in [7, 11) is 1.32. The summed E-state index contributed by atoms with van der Waals surface area (Å²) in [5.41, 5.74) is -0.603. The van der Waals surface area contributed by atoms with Gasteiger partial charge in [-0.1, -0.05) is 0 Å². The Hall–Kier alpha value is -3.39. The first-order valence-corrected chi connectivity index (χ1v) is 15.7. The maximum Gasteiger partial charge on any atom is 0.287 e. The molecule has 0 aliphatic heterocycles. The molecule has 4 aliphatic rings. The number of hydrogen-bond donors (Lipinski definition) is 4. The fourth-order valence-corrected chi connectivity index (χ4v) is 7.90. The van der Waals surface area contributed by atoms with Crippen LogP contribution in [0, 0.1) is 23.7 Å². The number of anilines is 1. The summed E-state index contributed by atoms with van der Waals surface area (Å²) in [5, 5.41) is 12.0. The maximum atomic E-state index is 13.2. The number of hydrogen-bond acceptors (Lipinski definition) is 8. The van der Waals surface area contributed by atoms with Crippen molar-refractivity contribution in [3.05, 3.63) is 43.7 Å². The molecule has 224 valence electrons. The minimum Gasteiger partial charge on any atom is -0.353 e. The van der Waals surface area contributed by atoms with Crippen molar-refractivity contribution >= 4 is 62.4 Å². The summed E-state index contributed by atoms with van der Waals surface area (Å²) < 4.78 is 1.71. The van der Waals surface area contributed by atoms with Crippen LogP contribution in [0.5, 0.6) is 0 Å². The van der Waals surface area contributed by atoms with E-state index in [-0.39, 0.29) is 42.7 Å². The maximum absolute atomic E-state index is 13.2. The Morgan fingerprint density at radius 2 is 1.79 bits per heavy atom. The average Bonchev–Trinajstić information content (AvgIpc) is 3.40. The third-order valence-corrected chi connectivity index (χ3v) is 9.98. The van der Waals surface area contributed by atoms with Gasteiger partial charge in [0.2, 0.25) is 17.6 Å². The molecule has 4 N–H and O–H groups in total. The molecule has 14 heteroatoms. The number of pyridine rings is 1. The Bertz CT molecular complexity index is 1430. The zero-order valence-electron chi connectivity index (χ0n) is 23.1. The van der Waals surface area contributed by atoms with E-state index in [2.05, 4.69) is 42.2 Å². The van der Waals surface area contributed by atoms with Gasteiger partial charge in [-0.2, -0.15) is 0 Å². The van der Waals surface area contributed by atoms with Crippen molar-refractivity contribution in [3.8, 4) is 0 Å². The Morgan fingerprint density at radius 3 is 2.40 bits per heavy atom. The molecule has 0 radical (unpaired) electrons. The van der Waals surface area contributed by atoms with Gasteiger partial charge in [0.05, 0.1) is 0 Å². The van der Waals surface area contributed by atoms with Gasteiger partial charge >= 0.3 is 0 Å². The van der Waals surface area contributed by atoms with Gasteiger partial charge in [-0.3, -0.25) is 28.8 Å². The molecular formula is C28H33BrN6O6S. The second-order valence-electron chi connectivity index (χ2n) is 11.4. The number of nitrogens with one attached hydrogen (secondary N) is 4. The highest BCUT2D eigenvalue weighted by atomic mass is 79.9. The van der Waals surface area contributed by atoms with E-state index in [1.807, 2.05) is 0 Å². The van der Waals surface area contributed by atoms with E-state index >= 15 is 0 Å². The Kier molecular flexibility index (Phi) is 9.21. The molecule has 2 aromatic rings. The standard InChI is InChI=1S/C28H33BrN6O6S/c1-30-26(40)21(36)5-4-18(31-25(39)20-13-42-28(29)33-20)24(38)32-19-3-2-6-35(27(19)41)12-22(37)34-23-16-8-14-7-15(10-16)11-17(23)9-14/h2-3,6,13-18,23H,4-5,7-12H2,1H3,(H,30,40)(H,31,39)(H,32,38)(H,34,37)/t14?,15?,16?,17?,18-,23?/m0/s1. The molecule has 42 heavy (non-hydrogen) atoms. The van der Waals surface area contributed by atoms with Gasteiger partial charge in [0.15, 0.2) is 3.92 Å². The number of carbonyl (C=O) groups excluding carboxylic acids is 5. The summed E-state index contributed by atoms with van der Waals surface area (Å²) in [6.07, 6.45) is 6.93. The van der Waals surface area contributed by atoms with Crippen LogP contribution < -0.4 is 26.8 Å². The zero-order valence-corrected chi connectivity index (χ0v) is 25.5. The number of halogens is 1. The van der Waals surface area contributed by atoms with Crippen LogP contribution in [0.15, 0.2) is 32.4 Å². The largest absolute Gasteiger partial charge is 0.353 e. The number of thiazole rings is 1. The summed E-state index contributed by atoms with van der Waals surface area (Å²) in [4.78, 5) is 79.9. The highest BCUT2D eigenvalue weighted by molar-refractivity contribution is 9.11. The second kappa shape index (κ2) is 12.9. The van der Waals surface area contributed by atoms with E-state index in [0.29, 0.717) is 15.8 Å². The second-order valence-corrected chi connectivity index (χ2v) is 13.6. The van der Waals surface area contributed by atoms with Gasteiger partial charge < -0.3 is 25.8 Å². The van der Waals surface area contributed by atoms with E-state index in [9.17, 15) is 28.8 Å². The number of Topliss-reactive ketones (excluding diaryl/α,β-unsaturated/α-hetero) is 1. The molecule has 12 nitrogen and oxygen atoms in total. The fraction of sp³-hybridized carbons (Fsp3) is 0.536. The minimum atomic E-state index is -1.25. The van der Waals surface area contributed by atoms with Crippen molar-refractivity contribution in [2.45, 2.75) is 63.6 Å². The Balaban J connectivity index is 1.24. The minimum absolute atomic E-state index is 0.0644. The first-order valence-electron chi connectivity index (χ1n) is 14.1. The molecule has 0 saturated heterocycles. The molecule has 4 saturated carbocycles. The molecule has 2 heterocycles. The fourth-order valence-electron chi connectivity index (χ4n) is 6.91. The molecule has 4 fully saturated rings. The Morgan fingerprint density at radius 1 is 1.10 bits per heavy atom. The summed E-state index contributed by atoms with van der Waals surface area (Å²) >= 11 is 4.36.